The SMILES string of the molecule is C[CH](C)[AlH2].[HH].[HH]. The lowest BCUT2D eigenvalue weighted by molar-refractivity contribution is 1.08. The van der Waals surface area contributed by atoms with Crippen LogP contribution >= 0.6 is 0 Å². The summed E-state index contributed by atoms with van der Waals surface area (Å²) < 4.78 is 0.972. The van der Waals surface area contributed by atoms with Crippen molar-refractivity contribution in [3.63, 3.8) is 0 Å². The molecule has 4 heavy (non-hydrogen) atoms. The smallest absolute Gasteiger partial charge is 0.0955 e. The Morgan fingerprint density at radius 1 is 1.75 bits per heavy atom. The molecule has 0 aromatic heterocycles. The fraction of sp³-hybridized carbons (Fsp3) is 1.00. The minimum atomic E-state index is 0. The topological polar surface area (TPSA) is 0 Å². The first-order valence-corrected chi connectivity index (χ1v) is 2.89. The van der Waals surface area contributed by atoms with E-state index in [9.17, 15) is 0 Å². The number of rotatable bonds is 0. The van der Waals surface area contributed by atoms with E-state index in [-0.39, 0.29) is 2.85 Å². The highest BCUT2D eigenvalue weighted by atomic mass is 27.0. The quantitative estimate of drug-likeness (QED) is 0.377. The molecule has 0 bridgehead atoms. The van der Waals surface area contributed by atoms with E-state index in [0.717, 1.165) is 4.78 Å². The molecule has 0 fully saturated rings. The number of hydrogen-bond acceptors (Lipinski definition) is 0. The monoisotopic (exact) mass is 76.1 g/mol. The molecule has 0 atom stereocenters. The van der Waals surface area contributed by atoms with Gasteiger partial charge in [-0.3, -0.25) is 0 Å². The highest BCUT2D eigenvalue weighted by molar-refractivity contribution is 6.10. The largest absolute Gasteiger partial charge is 0.215 e. The van der Waals surface area contributed by atoms with Crippen molar-refractivity contribution in [3.05, 3.63) is 0 Å². The van der Waals surface area contributed by atoms with Crippen LogP contribution in [-0.2, 0) is 0 Å². The van der Waals surface area contributed by atoms with Crippen molar-refractivity contribution in [3.8, 4) is 0 Å². The molecule has 0 aliphatic heterocycles. The van der Waals surface area contributed by atoms with Gasteiger partial charge in [0.25, 0.3) is 0 Å². The van der Waals surface area contributed by atoms with Gasteiger partial charge < -0.3 is 0 Å². The fourth-order valence-electron chi connectivity index (χ4n) is 0. The summed E-state index contributed by atoms with van der Waals surface area (Å²) in [5, 5.41) is 0. The van der Waals surface area contributed by atoms with Gasteiger partial charge in [-0.05, 0) is 0 Å². The van der Waals surface area contributed by atoms with Gasteiger partial charge in [0, 0.05) is 2.85 Å². The summed E-state index contributed by atoms with van der Waals surface area (Å²) in [5.41, 5.74) is 0. The van der Waals surface area contributed by atoms with Crippen LogP contribution in [-0.4, -0.2) is 16.3 Å². The number of hydrogen-bond donors (Lipinski definition) is 0. The predicted molar refractivity (Wildman–Crippen MR) is 27.9 cm³/mol. The Balaban J connectivity index is -0.0000000450. The maximum Gasteiger partial charge on any atom is 0.215 e. The summed E-state index contributed by atoms with van der Waals surface area (Å²) in [6.45, 7) is 4.46. The van der Waals surface area contributed by atoms with Crippen molar-refractivity contribution in [2.75, 3.05) is 0 Å². The average Bonchev–Trinajstić information content (AvgIpc) is 0.811. The summed E-state index contributed by atoms with van der Waals surface area (Å²) in [4.78, 5) is 0. The molecule has 0 saturated heterocycles. The Bertz CT molecular complexity index is 13.5. The second-order valence-electron chi connectivity index (χ2n) is 1.73. The van der Waals surface area contributed by atoms with Crippen LogP contribution in [0.3, 0.4) is 0 Å². The van der Waals surface area contributed by atoms with E-state index < -0.39 is 0 Å². The third kappa shape index (κ3) is 21.0. The molecule has 0 aromatic carbocycles. The summed E-state index contributed by atoms with van der Waals surface area (Å²) in [6.07, 6.45) is 0. The van der Waals surface area contributed by atoms with Gasteiger partial charge in [0.15, 0.2) is 0 Å². The molecular formula is C3H13Al. The van der Waals surface area contributed by atoms with Gasteiger partial charge in [0.05, 0.1) is 0 Å². The van der Waals surface area contributed by atoms with Gasteiger partial charge in [-0.2, -0.15) is 0 Å². The molecule has 28 valence electrons. The standard InChI is InChI=1S/C3H7.Al.2H2.2H/c1-3-2;;;;;/h3H,1-2H3;;2*1H;;. The molecule has 0 heterocycles. The lowest BCUT2D eigenvalue weighted by Gasteiger charge is -1.77. The van der Waals surface area contributed by atoms with Crippen LogP contribution in [0.5, 0.6) is 0 Å². The van der Waals surface area contributed by atoms with Crippen LogP contribution in [0, 0.1) is 0 Å². The van der Waals surface area contributed by atoms with Crippen molar-refractivity contribution >= 4 is 16.3 Å². The Labute approximate surface area is 38.6 Å². The zero-order valence-electron chi connectivity index (χ0n) is 3.58. The van der Waals surface area contributed by atoms with Gasteiger partial charge in [0.2, 0.25) is 16.3 Å². The molecule has 0 N–H and O–H groups in total. The van der Waals surface area contributed by atoms with E-state index in [2.05, 4.69) is 13.8 Å². The summed E-state index contributed by atoms with van der Waals surface area (Å²) in [6, 6.07) is 0. The molecule has 0 aromatic rings. The third-order valence-electron chi connectivity index (χ3n) is 0. The Kier molecular flexibility index (Phi) is 2.06. The van der Waals surface area contributed by atoms with Gasteiger partial charge in [0.1, 0.15) is 0 Å². The van der Waals surface area contributed by atoms with E-state index in [1.807, 2.05) is 0 Å². The van der Waals surface area contributed by atoms with Crippen LogP contribution in [0.1, 0.15) is 16.7 Å². The minimum Gasteiger partial charge on any atom is -0.0955 e. The van der Waals surface area contributed by atoms with Crippen molar-refractivity contribution in [2.24, 2.45) is 0 Å². The predicted octanol–water partition coefficient (Wildman–Crippen LogP) is 0.940. The molecule has 1 heteroatoms. The first-order chi connectivity index (χ1) is 1.73. The van der Waals surface area contributed by atoms with E-state index in [0.29, 0.717) is 0 Å². The molecule has 0 aliphatic carbocycles. The first-order valence-electron chi connectivity index (χ1n) is 1.73. The highest BCUT2D eigenvalue weighted by Gasteiger charge is 1.70. The molecule has 0 radical (unpaired) electrons. The zero-order valence-corrected chi connectivity index (χ0v) is 5.58. The van der Waals surface area contributed by atoms with Crippen LogP contribution < -0.4 is 0 Å². The van der Waals surface area contributed by atoms with Gasteiger partial charge in [-0.25, -0.2) is 0 Å². The second kappa shape index (κ2) is 1.82. The highest BCUT2D eigenvalue weighted by Crippen LogP contribution is 1.84. The van der Waals surface area contributed by atoms with Crippen LogP contribution in [0.2, 0.25) is 4.78 Å². The molecule has 0 rings (SSSR count). The van der Waals surface area contributed by atoms with E-state index in [4.69, 9.17) is 0 Å². The molecule has 0 aliphatic rings. The summed E-state index contributed by atoms with van der Waals surface area (Å²) >= 11 is 1.35. The van der Waals surface area contributed by atoms with Crippen molar-refractivity contribution < 1.29 is 2.85 Å². The van der Waals surface area contributed by atoms with Crippen LogP contribution in [0.15, 0.2) is 0 Å². The third-order valence-corrected chi connectivity index (χ3v) is 0. The maximum absolute atomic E-state index is 2.23. The van der Waals surface area contributed by atoms with Crippen LogP contribution in [0.25, 0.3) is 0 Å². The lowest BCUT2D eigenvalue weighted by atomic mass is 10.6. The Hall–Kier alpha value is 0.532. The summed E-state index contributed by atoms with van der Waals surface area (Å²) in [5.74, 6) is 0. The molecule has 0 unspecified atom stereocenters. The van der Waals surface area contributed by atoms with Crippen molar-refractivity contribution in [1.82, 2.24) is 0 Å². The molecule has 0 nitrogen and oxygen atoms in total. The van der Waals surface area contributed by atoms with Crippen LogP contribution in [0.4, 0.5) is 0 Å². The molecular weight excluding hydrogens is 63.0 g/mol. The lowest BCUT2D eigenvalue weighted by Crippen LogP contribution is -1.67. The van der Waals surface area contributed by atoms with Gasteiger partial charge >= 0.3 is 0 Å². The van der Waals surface area contributed by atoms with E-state index in [1.54, 1.807) is 0 Å². The molecule has 0 saturated carbocycles. The minimum absolute atomic E-state index is 0. The van der Waals surface area contributed by atoms with Gasteiger partial charge in [-0.1, -0.05) is 18.6 Å². The molecule has 0 spiro atoms. The fourth-order valence-corrected chi connectivity index (χ4v) is 0. The maximum atomic E-state index is 2.23. The Morgan fingerprint density at radius 2 is 1.75 bits per heavy atom. The normalized spacial score (nSPS) is 8.75. The Morgan fingerprint density at radius 3 is 1.75 bits per heavy atom. The van der Waals surface area contributed by atoms with Gasteiger partial charge in [-0.15, -0.1) is 0 Å². The van der Waals surface area contributed by atoms with E-state index >= 15 is 0 Å². The average molecular weight is 76.1 g/mol. The first kappa shape index (κ1) is 4.53. The van der Waals surface area contributed by atoms with Crippen molar-refractivity contribution in [1.29, 1.82) is 0 Å². The zero-order chi connectivity index (χ0) is 3.58. The van der Waals surface area contributed by atoms with E-state index in [1.165, 1.54) is 16.3 Å². The second-order valence-corrected chi connectivity index (χ2v) is 4.04. The van der Waals surface area contributed by atoms with Crippen molar-refractivity contribution in [2.45, 2.75) is 18.6 Å². The summed E-state index contributed by atoms with van der Waals surface area (Å²) in [7, 11) is 0. The molecule has 0 amide bonds.